The van der Waals surface area contributed by atoms with Crippen molar-refractivity contribution in [2.75, 3.05) is 26.3 Å². The molecule has 2 N–H and O–H groups in total. The predicted molar refractivity (Wildman–Crippen MR) is 73.1 cm³/mol. The molecule has 0 radical (unpaired) electrons. The lowest BCUT2D eigenvalue weighted by atomic mass is 10.1. The van der Waals surface area contributed by atoms with Crippen molar-refractivity contribution in [1.29, 1.82) is 0 Å². The van der Waals surface area contributed by atoms with Crippen molar-refractivity contribution in [2.24, 2.45) is 0 Å². The number of nitrogens with zero attached hydrogens (tertiary/aromatic N) is 1. The van der Waals surface area contributed by atoms with Crippen LogP contribution in [0.1, 0.15) is 27.2 Å². The molecule has 0 unspecified atom stereocenters. The molecule has 0 aliphatic heterocycles. The number of carbonyl (C=O) groups is 2. The van der Waals surface area contributed by atoms with Gasteiger partial charge in [-0.2, -0.15) is 0 Å². The van der Waals surface area contributed by atoms with Gasteiger partial charge in [0.2, 0.25) is 0 Å². The molecule has 0 aromatic rings. The highest BCUT2D eigenvalue weighted by Gasteiger charge is 2.27. The fourth-order valence-electron chi connectivity index (χ4n) is 1.34. The molecular formula is C13H24N2O4. The van der Waals surface area contributed by atoms with E-state index in [1.165, 1.54) is 4.90 Å². The molecule has 6 nitrogen and oxygen atoms in total. The van der Waals surface area contributed by atoms with Crippen LogP contribution in [0.2, 0.25) is 0 Å². The van der Waals surface area contributed by atoms with Gasteiger partial charge in [0, 0.05) is 12.1 Å². The Morgan fingerprint density at radius 3 is 2.47 bits per heavy atom. The number of carboxylic acids is 1. The minimum Gasteiger partial charge on any atom is -0.480 e. The summed E-state index contributed by atoms with van der Waals surface area (Å²) in [6.07, 6.45) is 2.52. The van der Waals surface area contributed by atoms with Crippen molar-refractivity contribution in [3.05, 3.63) is 12.7 Å². The molecule has 0 bridgehead atoms. The number of rotatable bonds is 8. The van der Waals surface area contributed by atoms with Gasteiger partial charge in [0.25, 0.3) is 0 Å². The summed E-state index contributed by atoms with van der Waals surface area (Å²) < 4.78 is 5.25. The lowest BCUT2D eigenvalue weighted by molar-refractivity contribution is -0.138. The summed E-state index contributed by atoms with van der Waals surface area (Å²) in [5, 5.41) is 11.5. The first kappa shape index (κ1) is 17.4. The van der Waals surface area contributed by atoms with Gasteiger partial charge in [-0.05, 0) is 27.2 Å². The molecule has 2 amide bonds. The van der Waals surface area contributed by atoms with Crippen LogP contribution in [0.25, 0.3) is 0 Å². The Hall–Kier alpha value is -1.56. The Labute approximate surface area is 114 Å². The maximum atomic E-state index is 11.9. The third-order valence-electron chi connectivity index (χ3n) is 2.34. The van der Waals surface area contributed by atoms with Gasteiger partial charge in [0.05, 0.1) is 13.2 Å². The molecular weight excluding hydrogens is 248 g/mol. The van der Waals surface area contributed by atoms with E-state index in [4.69, 9.17) is 9.84 Å². The van der Waals surface area contributed by atoms with E-state index in [2.05, 4.69) is 11.9 Å². The Balaban J connectivity index is 4.12. The minimum absolute atomic E-state index is 0.327. The highest BCUT2D eigenvalue weighted by molar-refractivity contribution is 5.80. The number of carbonyl (C=O) groups excluding carboxylic acids is 1. The molecule has 0 aliphatic carbocycles. The number of aliphatic carboxylic acids is 1. The van der Waals surface area contributed by atoms with Gasteiger partial charge in [-0.15, -0.1) is 6.58 Å². The first-order valence-electron chi connectivity index (χ1n) is 6.25. The van der Waals surface area contributed by atoms with E-state index in [-0.39, 0.29) is 6.54 Å². The summed E-state index contributed by atoms with van der Waals surface area (Å²) >= 11 is 0. The van der Waals surface area contributed by atoms with Gasteiger partial charge in [0.1, 0.15) is 6.54 Å². The van der Waals surface area contributed by atoms with Crippen LogP contribution in [0.3, 0.4) is 0 Å². The number of urea groups is 1. The Morgan fingerprint density at radius 2 is 2.00 bits per heavy atom. The first-order valence-corrected chi connectivity index (χ1v) is 6.25. The molecule has 6 heteroatoms. The van der Waals surface area contributed by atoms with Crippen LogP contribution in [0.5, 0.6) is 0 Å². The van der Waals surface area contributed by atoms with Crippen molar-refractivity contribution < 1.29 is 19.4 Å². The predicted octanol–water partition coefficient (Wildman–Crippen LogP) is 1.47. The second-order valence-corrected chi connectivity index (χ2v) is 5.07. The number of ether oxygens (including phenoxy) is 1. The van der Waals surface area contributed by atoms with Crippen LogP contribution in [-0.4, -0.2) is 53.8 Å². The van der Waals surface area contributed by atoms with E-state index in [1.54, 1.807) is 26.8 Å². The van der Waals surface area contributed by atoms with Gasteiger partial charge in [-0.25, -0.2) is 4.79 Å². The molecule has 0 saturated carbocycles. The third kappa shape index (κ3) is 8.20. The lowest BCUT2D eigenvalue weighted by Crippen LogP contribution is -2.52. The first-order chi connectivity index (χ1) is 8.79. The highest BCUT2D eigenvalue weighted by Crippen LogP contribution is 2.12. The zero-order chi connectivity index (χ0) is 14.9. The standard InChI is InChI=1S/C13H24N2O4/c1-5-6-8-19-9-7-14-12(18)15(10-11(16)17)13(2,3)4/h5H,1,6-10H2,2-4H3,(H,14,18)(H,16,17). The number of hydrogen-bond acceptors (Lipinski definition) is 3. The third-order valence-corrected chi connectivity index (χ3v) is 2.34. The SMILES string of the molecule is C=CCCOCCNC(=O)N(CC(=O)O)C(C)(C)C. The Bertz CT molecular complexity index is 310. The van der Waals surface area contributed by atoms with E-state index in [0.717, 1.165) is 6.42 Å². The summed E-state index contributed by atoms with van der Waals surface area (Å²) in [4.78, 5) is 23.9. The topological polar surface area (TPSA) is 78.9 Å². The molecule has 0 fully saturated rings. The van der Waals surface area contributed by atoms with Crippen LogP contribution in [0, 0.1) is 0 Å². The molecule has 110 valence electrons. The molecule has 0 aromatic heterocycles. The fourth-order valence-corrected chi connectivity index (χ4v) is 1.34. The molecule has 0 spiro atoms. The Morgan fingerprint density at radius 1 is 1.37 bits per heavy atom. The number of carboxylic acid groups (broad SMARTS) is 1. The summed E-state index contributed by atoms with van der Waals surface area (Å²) in [5.74, 6) is -1.03. The van der Waals surface area contributed by atoms with E-state index < -0.39 is 17.5 Å². The number of amides is 2. The second kappa shape index (κ2) is 8.53. The van der Waals surface area contributed by atoms with E-state index in [9.17, 15) is 9.59 Å². The van der Waals surface area contributed by atoms with E-state index in [1.807, 2.05) is 0 Å². The quantitative estimate of drug-likeness (QED) is 0.518. The van der Waals surface area contributed by atoms with Crippen molar-refractivity contribution in [3.63, 3.8) is 0 Å². The van der Waals surface area contributed by atoms with Gasteiger partial charge >= 0.3 is 12.0 Å². The van der Waals surface area contributed by atoms with Crippen LogP contribution >= 0.6 is 0 Å². The zero-order valence-electron chi connectivity index (χ0n) is 11.9. The monoisotopic (exact) mass is 272 g/mol. The van der Waals surface area contributed by atoms with Crippen LogP contribution < -0.4 is 5.32 Å². The summed E-state index contributed by atoms with van der Waals surface area (Å²) in [6, 6.07) is -0.401. The van der Waals surface area contributed by atoms with E-state index in [0.29, 0.717) is 19.8 Å². The number of nitrogens with one attached hydrogen (secondary N) is 1. The van der Waals surface area contributed by atoms with Crippen molar-refractivity contribution >= 4 is 12.0 Å². The van der Waals surface area contributed by atoms with Gasteiger partial charge in [-0.1, -0.05) is 6.08 Å². The van der Waals surface area contributed by atoms with Crippen LogP contribution in [0.4, 0.5) is 4.79 Å². The second-order valence-electron chi connectivity index (χ2n) is 5.07. The van der Waals surface area contributed by atoms with Gasteiger partial charge in [-0.3, -0.25) is 4.79 Å². The molecule has 0 aliphatic rings. The fraction of sp³-hybridized carbons (Fsp3) is 0.692. The van der Waals surface area contributed by atoms with Gasteiger partial charge in [0.15, 0.2) is 0 Å². The Kier molecular flexibility index (Phi) is 7.83. The molecule has 19 heavy (non-hydrogen) atoms. The normalized spacial score (nSPS) is 10.9. The maximum absolute atomic E-state index is 11.9. The molecule has 0 heterocycles. The average molecular weight is 272 g/mol. The summed E-state index contributed by atoms with van der Waals surface area (Å²) in [7, 11) is 0. The highest BCUT2D eigenvalue weighted by atomic mass is 16.5. The van der Waals surface area contributed by atoms with Crippen molar-refractivity contribution in [2.45, 2.75) is 32.7 Å². The zero-order valence-corrected chi connectivity index (χ0v) is 11.9. The van der Waals surface area contributed by atoms with Crippen LogP contribution in [-0.2, 0) is 9.53 Å². The molecule has 0 atom stereocenters. The van der Waals surface area contributed by atoms with E-state index >= 15 is 0 Å². The average Bonchev–Trinajstić information content (AvgIpc) is 2.28. The summed E-state index contributed by atoms with van der Waals surface area (Å²) in [6.45, 7) is 9.92. The van der Waals surface area contributed by atoms with Crippen molar-refractivity contribution in [1.82, 2.24) is 10.2 Å². The number of hydrogen-bond donors (Lipinski definition) is 2. The molecule has 0 aromatic carbocycles. The minimum atomic E-state index is -1.03. The van der Waals surface area contributed by atoms with Crippen LogP contribution in [0.15, 0.2) is 12.7 Å². The lowest BCUT2D eigenvalue weighted by Gasteiger charge is -2.34. The molecule has 0 saturated heterocycles. The largest absolute Gasteiger partial charge is 0.480 e. The van der Waals surface area contributed by atoms with Crippen molar-refractivity contribution in [3.8, 4) is 0 Å². The summed E-state index contributed by atoms with van der Waals surface area (Å²) in [5.41, 5.74) is -0.549. The van der Waals surface area contributed by atoms with Gasteiger partial charge < -0.3 is 20.1 Å². The molecule has 0 rings (SSSR count). The maximum Gasteiger partial charge on any atom is 0.323 e. The smallest absolute Gasteiger partial charge is 0.323 e.